The van der Waals surface area contributed by atoms with Crippen molar-refractivity contribution in [1.29, 1.82) is 0 Å². The van der Waals surface area contributed by atoms with Gasteiger partial charge >= 0.3 is 11.9 Å². The topological polar surface area (TPSA) is 136 Å². The Morgan fingerprint density at radius 1 is 1.21 bits per heavy atom. The summed E-state index contributed by atoms with van der Waals surface area (Å²) in [5.74, 6) is -3.05. The van der Waals surface area contributed by atoms with Gasteiger partial charge in [0, 0.05) is 23.1 Å². The second-order valence-corrected chi connectivity index (χ2v) is 7.82. The van der Waals surface area contributed by atoms with Crippen LogP contribution in [0.2, 0.25) is 0 Å². The molecule has 1 aromatic carbocycles. The molecule has 1 fully saturated rings. The first-order valence-electron chi connectivity index (χ1n) is 9.26. The van der Waals surface area contributed by atoms with E-state index in [1.807, 2.05) is 0 Å². The Hall–Kier alpha value is -2.46. The van der Waals surface area contributed by atoms with Crippen LogP contribution >= 0.6 is 15.9 Å². The molecule has 1 saturated heterocycles. The van der Waals surface area contributed by atoms with E-state index in [-0.39, 0.29) is 18.7 Å². The summed E-state index contributed by atoms with van der Waals surface area (Å²) >= 11 is 3.30. The molecule has 1 heterocycles. The van der Waals surface area contributed by atoms with Crippen LogP contribution in [0.3, 0.4) is 0 Å². The molecule has 1 aromatic rings. The molecule has 10 heteroatoms. The zero-order chi connectivity index (χ0) is 21.6. The van der Waals surface area contributed by atoms with Gasteiger partial charge in [-0.2, -0.15) is 0 Å². The fourth-order valence-corrected chi connectivity index (χ4v) is 3.48. The van der Waals surface area contributed by atoms with Crippen molar-refractivity contribution < 1.29 is 29.4 Å². The molecular weight excluding hydrogens is 446 g/mol. The van der Waals surface area contributed by atoms with Crippen molar-refractivity contribution in [1.82, 2.24) is 10.2 Å². The summed E-state index contributed by atoms with van der Waals surface area (Å²) < 4.78 is 0.868. The van der Waals surface area contributed by atoms with Crippen LogP contribution in [0, 0.1) is 0 Å². The van der Waals surface area contributed by atoms with Crippen molar-refractivity contribution in [2.75, 3.05) is 11.9 Å². The molecule has 0 aliphatic carbocycles. The van der Waals surface area contributed by atoms with Gasteiger partial charge in [-0.05, 0) is 50.5 Å². The molecule has 9 nitrogen and oxygen atoms in total. The highest BCUT2D eigenvalue weighted by molar-refractivity contribution is 9.10. The molecule has 0 unspecified atom stereocenters. The minimum Gasteiger partial charge on any atom is -0.480 e. The summed E-state index contributed by atoms with van der Waals surface area (Å²) in [6.45, 7) is 1.83. The van der Waals surface area contributed by atoms with Gasteiger partial charge in [0.15, 0.2) is 0 Å². The Morgan fingerprint density at radius 3 is 2.45 bits per heavy atom. The van der Waals surface area contributed by atoms with E-state index in [0.29, 0.717) is 25.1 Å². The largest absolute Gasteiger partial charge is 0.480 e. The van der Waals surface area contributed by atoms with Crippen LogP contribution in [-0.4, -0.2) is 63.5 Å². The number of carboxylic acids is 2. The zero-order valence-electron chi connectivity index (χ0n) is 15.9. The van der Waals surface area contributed by atoms with Crippen LogP contribution in [0.5, 0.6) is 0 Å². The van der Waals surface area contributed by atoms with Crippen molar-refractivity contribution in [3.63, 3.8) is 0 Å². The van der Waals surface area contributed by atoms with Crippen LogP contribution < -0.4 is 10.6 Å². The maximum absolute atomic E-state index is 12.5. The highest BCUT2D eigenvalue weighted by Crippen LogP contribution is 2.19. The van der Waals surface area contributed by atoms with Gasteiger partial charge in [0.05, 0.1) is 6.04 Å². The summed E-state index contributed by atoms with van der Waals surface area (Å²) in [7, 11) is 0. The lowest BCUT2D eigenvalue weighted by Gasteiger charge is -2.27. The molecule has 0 saturated carbocycles. The number of anilines is 1. The fraction of sp³-hybridized carbons (Fsp3) is 0.474. The van der Waals surface area contributed by atoms with E-state index in [1.54, 1.807) is 24.3 Å². The van der Waals surface area contributed by atoms with Gasteiger partial charge in [-0.1, -0.05) is 15.9 Å². The summed E-state index contributed by atoms with van der Waals surface area (Å²) in [5.41, 5.74) is 0.593. The second-order valence-electron chi connectivity index (χ2n) is 6.90. The predicted octanol–water partition coefficient (Wildman–Crippen LogP) is 1.67. The van der Waals surface area contributed by atoms with E-state index in [2.05, 4.69) is 26.6 Å². The highest BCUT2D eigenvalue weighted by atomic mass is 79.9. The van der Waals surface area contributed by atoms with Crippen molar-refractivity contribution in [2.24, 2.45) is 0 Å². The molecule has 0 spiro atoms. The van der Waals surface area contributed by atoms with E-state index >= 15 is 0 Å². The lowest BCUT2D eigenvalue weighted by molar-refractivity contribution is -0.149. The smallest absolute Gasteiger partial charge is 0.326 e. The van der Waals surface area contributed by atoms with Crippen LogP contribution in [0.4, 0.5) is 5.69 Å². The number of carbonyl (C=O) groups excluding carboxylic acids is 2. The van der Waals surface area contributed by atoms with E-state index < -0.39 is 36.0 Å². The van der Waals surface area contributed by atoms with E-state index in [1.165, 1.54) is 11.8 Å². The van der Waals surface area contributed by atoms with E-state index in [4.69, 9.17) is 0 Å². The van der Waals surface area contributed by atoms with Crippen LogP contribution in [0.25, 0.3) is 0 Å². The average Bonchev–Trinajstić information content (AvgIpc) is 3.16. The minimum absolute atomic E-state index is 0.0162. The van der Waals surface area contributed by atoms with Crippen LogP contribution in [0.1, 0.15) is 32.6 Å². The minimum atomic E-state index is -1.18. The Labute approximate surface area is 176 Å². The number of nitrogens with zero attached hydrogens (tertiary/aromatic N) is 1. The van der Waals surface area contributed by atoms with Gasteiger partial charge in [-0.15, -0.1) is 0 Å². The van der Waals surface area contributed by atoms with Gasteiger partial charge in [0.2, 0.25) is 11.8 Å². The number of likely N-dealkylation sites (tertiary alicyclic amines) is 1. The fourth-order valence-electron chi connectivity index (χ4n) is 3.22. The van der Waals surface area contributed by atoms with Crippen LogP contribution in [0.15, 0.2) is 28.7 Å². The number of hydrogen-bond donors (Lipinski definition) is 4. The average molecular weight is 470 g/mol. The molecule has 0 bridgehead atoms. The van der Waals surface area contributed by atoms with Crippen LogP contribution in [-0.2, 0) is 19.2 Å². The molecular formula is C19H24BrN3O6. The molecule has 2 amide bonds. The third kappa shape index (κ3) is 6.53. The molecule has 0 aromatic heterocycles. The third-order valence-electron chi connectivity index (χ3n) is 4.73. The lowest BCUT2D eigenvalue weighted by Crippen LogP contribution is -2.53. The molecule has 1 aliphatic rings. The number of carboxylic acid groups (broad SMARTS) is 2. The Kier molecular flexibility index (Phi) is 8.15. The maximum atomic E-state index is 12.5. The molecule has 0 radical (unpaired) electrons. The molecule has 158 valence electrons. The predicted molar refractivity (Wildman–Crippen MR) is 108 cm³/mol. The zero-order valence-corrected chi connectivity index (χ0v) is 17.5. The Bertz CT molecular complexity index is 770. The van der Waals surface area contributed by atoms with Gasteiger partial charge < -0.3 is 20.4 Å². The van der Waals surface area contributed by atoms with Gasteiger partial charge in [-0.3, -0.25) is 19.7 Å². The number of rotatable bonds is 9. The first-order valence-corrected chi connectivity index (χ1v) is 10.1. The molecule has 2 rings (SSSR count). The van der Waals surface area contributed by atoms with Crippen molar-refractivity contribution in [3.8, 4) is 0 Å². The molecule has 4 N–H and O–H groups in total. The molecule has 3 atom stereocenters. The first-order chi connectivity index (χ1) is 13.7. The lowest BCUT2D eigenvalue weighted by atomic mass is 10.1. The van der Waals surface area contributed by atoms with E-state index in [9.17, 15) is 29.4 Å². The van der Waals surface area contributed by atoms with Gasteiger partial charge in [-0.25, -0.2) is 4.79 Å². The number of aliphatic carboxylic acids is 2. The maximum Gasteiger partial charge on any atom is 0.326 e. The van der Waals surface area contributed by atoms with Crippen molar-refractivity contribution >= 4 is 45.4 Å². The normalized spacial score (nSPS) is 18.1. The first kappa shape index (κ1) is 22.8. The summed E-state index contributed by atoms with van der Waals surface area (Å²) in [5, 5.41) is 24.0. The summed E-state index contributed by atoms with van der Waals surface area (Å²) in [4.78, 5) is 48.7. The van der Waals surface area contributed by atoms with Crippen molar-refractivity contribution in [3.05, 3.63) is 28.7 Å². The standard InChI is InChI=1S/C19H24BrN3O6/c1-11(17(25)23-10-2-3-15(23)19(28)29)21-14(18(26)27)8-9-16(24)22-13-6-4-12(20)5-7-13/h4-7,11,14-15,21H,2-3,8-10H2,1H3,(H,22,24)(H,26,27)(H,28,29)/t11-,14-,15-/m0/s1. The summed E-state index contributed by atoms with van der Waals surface area (Å²) in [6.07, 6.45) is 0.903. The number of amides is 2. The van der Waals surface area contributed by atoms with Gasteiger partial charge in [0.1, 0.15) is 12.1 Å². The number of nitrogens with one attached hydrogen (secondary N) is 2. The quantitative estimate of drug-likeness (QED) is 0.431. The SMILES string of the molecule is C[C@H](N[C@@H](CCC(=O)Nc1ccc(Br)cc1)C(=O)O)C(=O)N1CCC[C@H]1C(=O)O. The van der Waals surface area contributed by atoms with Crippen molar-refractivity contribution in [2.45, 2.75) is 50.7 Å². The number of hydrogen-bond acceptors (Lipinski definition) is 5. The van der Waals surface area contributed by atoms with Gasteiger partial charge in [0.25, 0.3) is 0 Å². The number of benzene rings is 1. The monoisotopic (exact) mass is 469 g/mol. The number of halogens is 1. The Morgan fingerprint density at radius 2 is 1.86 bits per heavy atom. The molecule has 29 heavy (non-hydrogen) atoms. The highest BCUT2D eigenvalue weighted by Gasteiger charge is 2.36. The summed E-state index contributed by atoms with van der Waals surface area (Å²) in [6, 6.07) is 4.09. The number of carbonyl (C=O) groups is 4. The second kappa shape index (κ2) is 10.4. The van der Waals surface area contributed by atoms with E-state index in [0.717, 1.165) is 4.47 Å². The molecule has 1 aliphatic heterocycles. The third-order valence-corrected chi connectivity index (χ3v) is 5.26. The Balaban J connectivity index is 1.89.